The van der Waals surface area contributed by atoms with Crippen LogP contribution in [0.2, 0.25) is 0 Å². The molecule has 1 atom stereocenters. The first-order chi connectivity index (χ1) is 9.20. The molecule has 0 spiro atoms. The molecule has 0 bridgehead atoms. The van der Waals surface area contributed by atoms with Crippen molar-refractivity contribution in [1.29, 1.82) is 0 Å². The van der Waals surface area contributed by atoms with Crippen LogP contribution in [-0.2, 0) is 7.05 Å². The van der Waals surface area contributed by atoms with Crippen molar-refractivity contribution in [3.05, 3.63) is 36.0 Å². The predicted octanol–water partition coefficient (Wildman–Crippen LogP) is 1.63. The van der Waals surface area contributed by atoms with Gasteiger partial charge in [0.05, 0.1) is 5.56 Å². The van der Waals surface area contributed by atoms with E-state index in [9.17, 15) is 4.79 Å². The highest BCUT2D eigenvalue weighted by Gasteiger charge is 2.27. The van der Waals surface area contributed by atoms with Crippen molar-refractivity contribution in [2.75, 3.05) is 19.7 Å². The van der Waals surface area contributed by atoms with Crippen molar-refractivity contribution in [2.45, 2.75) is 6.42 Å². The van der Waals surface area contributed by atoms with Gasteiger partial charge < -0.3 is 14.6 Å². The Kier molecular flexibility index (Phi) is 3.03. The average Bonchev–Trinajstić information content (AvgIpc) is 3.04. The van der Waals surface area contributed by atoms with Crippen molar-refractivity contribution >= 4 is 16.8 Å². The molecular weight excluding hydrogens is 240 g/mol. The van der Waals surface area contributed by atoms with Gasteiger partial charge in [-0.15, -0.1) is 0 Å². The van der Waals surface area contributed by atoms with E-state index in [1.165, 1.54) is 0 Å². The summed E-state index contributed by atoms with van der Waals surface area (Å²) in [5.41, 5.74) is 1.83. The van der Waals surface area contributed by atoms with Crippen LogP contribution in [0.15, 0.2) is 30.5 Å². The van der Waals surface area contributed by atoms with E-state index in [2.05, 4.69) is 0 Å². The van der Waals surface area contributed by atoms with Crippen LogP contribution in [0.25, 0.3) is 10.9 Å². The molecule has 3 rings (SSSR count). The van der Waals surface area contributed by atoms with Gasteiger partial charge in [-0.05, 0) is 12.5 Å². The molecule has 1 aliphatic heterocycles. The summed E-state index contributed by atoms with van der Waals surface area (Å²) in [6.45, 7) is 1.57. The maximum Gasteiger partial charge on any atom is 0.256 e. The number of nitrogens with zero attached hydrogens (tertiary/aromatic N) is 2. The molecule has 1 aromatic carbocycles. The molecular formula is C15H18N2O2. The second kappa shape index (κ2) is 4.70. The van der Waals surface area contributed by atoms with Gasteiger partial charge in [0.25, 0.3) is 5.91 Å². The molecule has 0 saturated carbocycles. The van der Waals surface area contributed by atoms with Crippen molar-refractivity contribution in [2.24, 2.45) is 13.0 Å². The van der Waals surface area contributed by atoms with Crippen LogP contribution in [0, 0.1) is 5.92 Å². The summed E-state index contributed by atoms with van der Waals surface area (Å²) in [5, 5.41) is 10.2. The number of fused-ring (bicyclic) bond motifs is 1. The van der Waals surface area contributed by atoms with E-state index >= 15 is 0 Å². The summed E-state index contributed by atoms with van der Waals surface area (Å²) in [4.78, 5) is 14.4. The zero-order valence-electron chi connectivity index (χ0n) is 11.0. The standard InChI is InChI=1S/C15H18N2O2/c1-16-9-13(12-4-2-3-5-14(12)16)15(19)17-7-6-11(8-17)10-18/h2-5,9,11,18H,6-8,10H2,1H3/t11-/m1/s1. The molecule has 19 heavy (non-hydrogen) atoms. The topological polar surface area (TPSA) is 45.5 Å². The lowest BCUT2D eigenvalue weighted by Gasteiger charge is -2.15. The normalized spacial score (nSPS) is 19.3. The summed E-state index contributed by atoms with van der Waals surface area (Å²) in [6.07, 6.45) is 2.80. The Morgan fingerprint density at radius 3 is 2.95 bits per heavy atom. The van der Waals surface area contributed by atoms with Crippen molar-refractivity contribution in [3.63, 3.8) is 0 Å². The Morgan fingerprint density at radius 1 is 1.42 bits per heavy atom. The molecule has 2 heterocycles. The van der Waals surface area contributed by atoms with E-state index in [1.807, 2.05) is 47.0 Å². The molecule has 2 aromatic rings. The number of benzene rings is 1. The molecule has 0 unspecified atom stereocenters. The van der Waals surface area contributed by atoms with E-state index in [-0.39, 0.29) is 18.4 Å². The first kappa shape index (κ1) is 12.2. The number of aliphatic hydroxyl groups excluding tert-OH is 1. The lowest BCUT2D eigenvalue weighted by Crippen LogP contribution is -2.29. The van der Waals surface area contributed by atoms with Crippen molar-refractivity contribution < 1.29 is 9.90 Å². The zero-order chi connectivity index (χ0) is 13.4. The SMILES string of the molecule is Cn1cc(C(=O)N2CC[C@@H](CO)C2)c2ccccc21. The molecule has 4 heteroatoms. The second-order valence-corrected chi connectivity index (χ2v) is 5.26. The molecule has 4 nitrogen and oxygen atoms in total. The summed E-state index contributed by atoms with van der Waals surface area (Å²) >= 11 is 0. The number of amides is 1. The van der Waals surface area contributed by atoms with E-state index < -0.39 is 0 Å². The van der Waals surface area contributed by atoms with Crippen LogP contribution >= 0.6 is 0 Å². The van der Waals surface area contributed by atoms with E-state index in [0.717, 1.165) is 29.4 Å². The van der Waals surface area contributed by atoms with Crippen LogP contribution in [0.3, 0.4) is 0 Å². The maximum atomic E-state index is 12.6. The molecule has 1 aromatic heterocycles. The maximum absolute atomic E-state index is 12.6. The minimum atomic E-state index is 0.0766. The van der Waals surface area contributed by atoms with E-state index in [1.54, 1.807) is 0 Å². The Balaban J connectivity index is 1.94. The molecule has 1 saturated heterocycles. The van der Waals surface area contributed by atoms with Gasteiger partial charge in [-0.1, -0.05) is 18.2 Å². The number of likely N-dealkylation sites (tertiary alicyclic amines) is 1. The Labute approximate surface area is 112 Å². The number of carbonyl (C=O) groups excluding carboxylic acids is 1. The third kappa shape index (κ3) is 2.02. The first-order valence-corrected chi connectivity index (χ1v) is 6.65. The number of aryl methyl sites for hydroxylation is 1. The monoisotopic (exact) mass is 258 g/mol. The van der Waals surface area contributed by atoms with Crippen LogP contribution in [0.4, 0.5) is 0 Å². The first-order valence-electron chi connectivity index (χ1n) is 6.65. The highest BCUT2D eigenvalue weighted by Crippen LogP contribution is 2.24. The zero-order valence-corrected chi connectivity index (χ0v) is 11.0. The number of hydrogen-bond acceptors (Lipinski definition) is 2. The number of hydrogen-bond donors (Lipinski definition) is 1. The fourth-order valence-corrected chi connectivity index (χ4v) is 2.85. The summed E-state index contributed by atoms with van der Waals surface area (Å²) in [5.74, 6) is 0.312. The highest BCUT2D eigenvalue weighted by molar-refractivity contribution is 6.07. The average molecular weight is 258 g/mol. The molecule has 0 aliphatic carbocycles. The summed E-state index contributed by atoms with van der Waals surface area (Å²) in [6, 6.07) is 7.95. The molecule has 1 N–H and O–H groups in total. The molecule has 1 aliphatic rings. The second-order valence-electron chi connectivity index (χ2n) is 5.26. The fraction of sp³-hybridized carbons (Fsp3) is 0.400. The molecule has 1 amide bonds. The number of aliphatic hydroxyl groups is 1. The van der Waals surface area contributed by atoms with Gasteiger partial charge in [-0.2, -0.15) is 0 Å². The van der Waals surface area contributed by atoms with Gasteiger partial charge in [0.15, 0.2) is 0 Å². The van der Waals surface area contributed by atoms with Crippen molar-refractivity contribution in [3.8, 4) is 0 Å². The number of carbonyl (C=O) groups is 1. The molecule has 1 fully saturated rings. The van der Waals surface area contributed by atoms with Crippen LogP contribution in [0.5, 0.6) is 0 Å². The summed E-state index contributed by atoms with van der Waals surface area (Å²) < 4.78 is 1.99. The van der Waals surface area contributed by atoms with Gasteiger partial charge in [-0.25, -0.2) is 0 Å². The third-order valence-electron chi connectivity index (χ3n) is 3.96. The van der Waals surface area contributed by atoms with E-state index in [4.69, 9.17) is 5.11 Å². The van der Waals surface area contributed by atoms with E-state index in [0.29, 0.717) is 6.54 Å². The molecule has 100 valence electrons. The summed E-state index contributed by atoms with van der Waals surface area (Å²) in [7, 11) is 1.96. The number of para-hydroxylation sites is 1. The smallest absolute Gasteiger partial charge is 0.256 e. The number of rotatable bonds is 2. The van der Waals surface area contributed by atoms with Gasteiger partial charge in [0.2, 0.25) is 0 Å². The minimum Gasteiger partial charge on any atom is -0.396 e. The van der Waals surface area contributed by atoms with Gasteiger partial charge in [-0.3, -0.25) is 4.79 Å². The highest BCUT2D eigenvalue weighted by atomic mass is 16.3. The number of aromatic nitrogens is 1. The largest absolute Gasteiger partial charge is 0.396 e. The molecule has 0 radical (unpaired) electrons. The van der Waals surface area contributed by atoms with Gasteiger partial charge >= 0.3 is 0 Å². The fourth-order valence-electron chi connectivity index (χ4n) is 2.85. The lowest BCUT2D eigenvalue weighted by atomic mass is 10.1. The van der Waals surface area contributed by atoms with Gasteiger partial charge in [0.1, 0.15) is 0 Å². The van der Waals surface area contributed by atoms with Crippen LogP contribution in [0.1, 0.15) is 16.8 Å². The Morgan fingerprint density at radius 2 is 2.21 bits per heavy atom. The van der Waals surface area contributed by atoms with Crippen molar-refractivity contribution in [1.82, 2.24) is 9.47 Å². The van der Waals surface area contributed by atoms with Crippen LogP contribution in [-0.4, -0.2) is 40.2 Å². The van der Waals surface area contributed by atoms with Gasteiger partial charge in [0, 0.05) is 49.8 Å². The minimum absolute atomic E-state index is 0.0766. The quantitative estimate of drug-likeness (QED) is 0.890. The Hall–Kier alpha value is -1.81. The third-order valence-corrected chi connectivity index (χ3v) is 3.96. The predicted molar refractivity (Wildman–Crippen MR) is 74.0 cm³/mol. The lowest BCUT2D eigenvalue weighted by molar-refractivity contribution is 0.0783. The van der Waals surface area contributed by atoms with Crippen LogP contribution < -0.4 is 0 Å². The Bertz CT molecular complexity index is 618.